The van der Waals surface area contributed by atoms with Crippen LogP contribution in [-0.2, 0) is 14.9 Å². The van der Waals surface area contributed by atoms with Crippen LogP contribution in [0.15, 0.2) is 42.5 Å². The molecular formula is C27H22N2O4S3. The van der Waals surface area contributed by atoms with Crippen molar-refractivity contribution in [2.75, 3.05) is 5.32 Å². The predicted molar refractivity (Wildman–Crippen MR) is 143 cm³/mol. The molecule has 0 aliphatic heterocycles. The summed E-state index contributed by atoms with van der Waals surface area (Å²) in [6.45, 7) is 1.85. The van der Waals surface area contributed by atoms with Crippen LogP contribution in [0, 0.1) is 11.8 Å². The van der Waals surface area contributed by atoms with Gasteiger partial charge >= 0.3 is 12.1 Å². The molecule has 0 bridgehead atoms. The van der Waals surface area contributed by atoms with Crippen LogP contribution in [0.5, 0.6) is 0 Å². The van der Waals surface area contributed by atoms with Crippen LogP contribution in [0.25, 0.3) is 9.40 Å². The molecule has 2 fully saturated rings. The number of carboxylic acids is 1. The van der Waals surface area contributed by atoms with Gasteiger partial charge in [0, 0.05) is 10.3 Å². The zero-order chi connectivity index (χ0) is 24.9. The van der Waals surface area contributed by atoms with E-state index in [9.17, 15) is 14.7 Å². The Labute approximate surface area is 220 Å². The Hall–Kier alpha value is -3.19. The van der Waals surface area contributed by atoms with Crippen molar-refractivity contribution in [1.29, 1.82) is 0 Å². The molecule has 1 atom stereocenters. The minimum Gasteiger partial charge on any atom is -0.481 e. The number of rotatable bonds is 6. The Bertz CT molecular complexity index is 1500. The molecule has 1 amide bonds. The molecule has 2 saturated carbocycles. The van der Waals surface area contributed by atoms with Gasteiger partial charge in [0.1, 0.15) is 11.5 Å². The molecule has 1 unspecified atom stereocenters. The van der Waals surface area contributed by atoms with Crippen LogP contribution in [0.3, 0.4) is 0 Å². The van der Waals surface area contributed by atoms with Gasteiger partial charge < -0.3 is 9.84 Å². The number of benzene rings is 1. The summed E-state index contributed by atoms with van der Waals surface area (Å²) in [5, 5.41) is 13.5. The van der Waals surface area contributed by atoms with E-state index < -0.39 is 17.5 Å². The van der Waals surface area contributed by atoms with E-state index in [1.807, 2.05) is 49.4 Å². The number of amides is 1. The summed E-state index contributed by atoms with van der Waals surface area (Å²) in [6, 6.07) is 13.6. The average Bonchev–Trinajstić information content (AvgIpc) is 3.76. The van der Waals surface area contributed by atoms with Crippen LogP contribution < -0.4 is 5.32 Å². The molecule has 36 heavy (non-hydrogen) atoms. The Balaban J connectivity index is 1.21. The van der Waals surface area contributed by atoms with Gasteiger partial charge in [-0.1, -0.05) is 30.3 Å². The normalized spacial score (nSPS) is 16.7. The lowest BCUT2D eigenvalue weighted by molar-refractivity contribution is -0.139. The number of aromatic nitrogens is 1. The molecule has 0 saturated heterocycles. The fourth-order valence-electron chi connectivity index (χ4n) is 4.17. The first-order valence-electron chi connectivity index (χ1n) is 11.7. The maximum atomic E-state index is 12.7. The highest BCUT2D eigenvalue weighted by atomic mass is 32.2. The number of ether oxygens (including phenoxy) is 1. The van der Waals surface area contributed by atoms with Crippen molar-refractivity contribution >= 4 is 61.4 Å². The first kappa shape index (κ1) is 23.2. The topological polar surface area (TPSA) is 88.5 Å². The second kappa shape index (κ2) is 9.04. The zero-order valence-corrected chi connectivity index (χ0v) is 21.8. The summed E-state index contributed by atoms with van der Waals surface area (Å²) in [6.07, 6.45) is 2.68. The lowest BCUT2D eigenvalue weighted by Crippen LogP contribution is -2.17. The number of anilines is 1. The second-order valence-electron chi connectivity index (χ2n) is 9.23. The molecule has 0 spiro atoms. The third-order valence-corrected chi connectivity index (χ3v) is 10.1. The molecular weight excluding hydrogens is 513 g/mol. The number of nitrogens with one attached hydrogen (secondary N) is 1. The fourth-order valence-corrected chi connectivity index (χ4v) is 7.65. The molecule has 1 aromatic carbocycles. The average molecular weight is 535 g/mol. The van der Waals surface area contributed by atoms with E-state index >= 15 is 0 Å². The van der Waals surface area contributed by atoms with Crippen molar-refractivity contribution in [2.24, 2.45) is 0 Å². The minimum atomic E-state index is -0.733. The second-order valence-corrected chi connectivity index (χ2v) is 12.4. The molecule has 6 rings (SSSR count). The first-order chi connectivity index (χ1) is 17.4. The van der Waals surface area contributed by atoms with Crippen LogP contribution in [0.2, 0.25) is 0 Å². The van der Waals surface area contributed by atoms with E-state index in [-0.39, 0.29) is 6.10 Å². The van der Waals surface area contributed by atoms with Gasteiger partial charge in [-0.15, -0.1) is 22.7 Å². The van der Waals surface area contributed by atoms with Gasteiger partial charge in [0.2, 0.25) is 0 Å². The number of nitrogens with zero attached hydrogens (tertiary/aromatic N) is 1. The Morgan fingerprint density at radius 2 is 1.94 bits per heavy atom. The molecule has 3 aromatic heterocycles. The zero-order valence-electron chi connectivity index (χ0n) is 19.4. The Morgan fingerprint density at radius 1 is 1.17 bits per heavy atom. The van der Waals surface area contributed by atoms with E-state index in [1.165, 1.54) is 11.5 Å². The lowest BCUT2D eigenvalue weighted by Gasteiger charge is -2.14. The molecule has 3 heterocycles. The molecule has 0 radical (unpaired) electrons. The monoisotopic (exact) mass is 534 g/mol. The molecule has 2 N–H and O–H groups in total. The van der Waals surface area contributed by atoms with Crippen molar-refractivity contribution in [2.45, 2.75) is 50.0 Å². The first-order valence-corrected chi connectivity index (χ1v) is 14.1. The molecule has 4 aromatic rings. The van der Waals surface area contributed by atoms with Crippen LogP contribution in [0.1, 0.15) is 70.5 Å². The van der Waals surface area contributed by atoms with Gasteiger partial charge in [0.25, 0.3) is 0 Å². The summed E-state index contributed by atoms with van der Waals surface area (Å²) >= 11 is 4.50. The van der Waals surface area contributed by atoms with Crippen LogP contribution in [-0.4, -0.2) is 21.5 Å². The van der Waals surface area contributed by atoms with Gasteiger partial charge in [-0.25, -0.2) is 4.79 Å². The number of carbonyl (C=O) groups excluding carboxylic acids is 1. The highest BCUT2D eigenvalue weighted by molar-refractivity contribution is 7.38. The van der Waals surface area contributed by atoms with Gasteiger partial charge in [-0.2, -0.15) is 4.37 Å². The minimum absolute atomic E-state index is 0.378. The maximum absolute atomic E-state index is 12.7. The number of hydrogen-bond donors (Lipinski definition) is 2. The standard InChI is InChI=1S/C27H22N2O4S3/c1-15(16-5-3-2-4-6-16)33-26(32)28-22-20(29-36-23(22)17-7-8-17)10-9-19-13-18-14-21(35-24(18)34-19)27(11-12-27)25(30)31/h2-6,13-15,17H,7-8,11-12H2,1H3,(H,28,32)(H,30,31). The van der Waals surface area contributed by atoms with E-state index in [2.05, 4.69) is 21.5 Å². The van der Waals surface area contributed by atoms with Crippen LogP contribution >= 0.6 is 34.2 Å². The molecule has 9 heteroatoms. The van der Waals surface area contributed by atoms with E-state index in [1.54, 1.807) is 22.7 Å². The summed E-state index contributed by atoms with van der Waals surface area (Å²) in [4.78, 5) is 27.2. The van der Waals surface area contributed by atoms with Gasteiger partial charge in [-0.05, 0) is 79.6 Å². The summed E-state index contributed by atoms with van der Waals surface area (Å²) in [7, 11) is 0. The fraction of sp³-hybridized carbons (Fsp3) is 0.296. The number of aliphatic carboxylic acids is 1. The van der Waals surface area contributed by atoms with E-state index in [0.29, 0.717) is 30.1 Å². The van der Waals surface area contributed by atoms with E-state index in [0.717, 1.165) is 42.4 Å². The predicted octanol–water partition coefficient (Wildman–Crippen LogP) is 7.12. The Kier molecular flexibility index (Phi) is 5.83. The number of thiophene rings is 2. The van der Waals surface area contributed by atoms with Crippen LogP contribution in [0.4, 0.5) is 10.5 Å². The SMILES string of the molecule is CC(OC(=O)Nc1c(C#Cc2cc3cc(C4(C(=O)O)CC4)sc3s2)nsc1C1CC1)c1ccccc1. The number of carbonyl (C=O) groups is 2. The summed E-state index contributed by atoms with van der Waals surface area (Å²) in [5.41, 5.74) is 1.45. The summed E-state index contributed by atoms with van der Waals surface area (Å²) < 4.78 is 11.2. The lowest BCUT2D eigenvalue weighted by atomic mass is 10.1. The largest absolute Gasteiger partial charge is 0.481 e. The van der Waals surface area contributed by atoms with Gasteiger partial charge in [0.05, 0.1) is 19.5 Å². The Morgan fingerprint density at radius 3 is 2.61 bits per heavy atom. The van der Waals surface area contributed by atoms with Crippen molar-refractivity contribution in [3.8, 4) is 11.8 Å². The smallest absolute Gasteiger partial charge is 0.412 e. The van der Waals surface area contributed by atoms with Crippen molar-refractivity contribution in [3.63, 3.8) is 0 Å². The van der Waals surface area contributed by atoms with Gasteiger partial charge in [-0.3, -0.25) is 10.1 Å². The highest BCUT2D eigenvalue weighted by Crippen LogP contribution is 2.53. The quantitative estimate of drug-likeness (QED) is 0.257. The number of carboxylic acid groups (broad SMARTS) is 1. The van der Waals surface area contributed by atoms with Gasteiger partial charge in [0.15, 0.2) is 5.69 Å². The van der Waals surface area contributed by atoms with Crippen molar-refractivity contribution in [1.82, 2.24) is 4.37 Å². The highest BCUT2D eigenvalue weighted by Gasteiger charge is 2.53. The van der Waals surface area contributed by atoms with Crippen molar-refractivity contribution < 1.29 is 19.4 Å². The number of fused-ring (bicyclic) bond motifs is 1. The molecule has 2 aliphatic carbocycles. The van der Waals surface area contributed by atoms with Crippen molar-refractivity contribution in [3.05, 3.63) is 68.4 Å². The van der Waals surface area contributed by atoms with E-state index in [4.69, 9.17) is 4.74 Å². The number of hydrogen-bond acceptors (Lipinski definition) is 7. The molecule has 2 aliphatic rings. The maximum Gasteiger partial charge on any atom is 0.412 e. The molecule has 182 valence electrons. The third kappa shape index (κ3) is 4.41. The molecule has 6 nitrogen and oxygen atoms in total. The third-order valence-electron chi connectivity index (χ3n) is 6.60. The summed E-state index contributed by atoms with van der Waals surface area (Å²) in [5.74, 6) is 6.02.